The van der Waals surface area contributed by atoms with Gasteiger partial charge in [0.1, 0.15) is 0 Å². The third-order valence-electron chi connectivity index (χ3n) is 4.89. The van der Waals surface area contributed by atoms with Gasteiger partial charge in [-0.2, -0.15) is 0 Å². The summed E-state index contributed by atoms with van der Waals surface area (Å²) in [6.07, 6.45) is 9.44. The van der Waals surface area contributed by atoms with Crippen molar-refractivity contribution in [2.75, 3.05) is 13.2 Å². The summed E-state index contributed by atoms with van der Waals surface area (Å²) in [7, 11) is 0. The predicted octanol–water partition coefficient (Wildman–Crippen LogP) is 3.21. The summed E-state index contributed by atoms with van der Waals surface area (Å²) in [6.45, 7) is 3.30. The van der Waals surface area contributed by atoms with E-state index in [0.717, 1.165) is 25.0 Å². The van der Waals surface area contributed by atoms with E-state index in [2.05, 4.69) is 10.3 Å². The maximum atomic E-state index is 12.4. The second-order valence-electron chi connectivity index (χ2n) is 7.10. The summed E-state index contributed by atoms with van der Waals surface area (Å²) in [6, 6.07) is 8.01. The van der Waals surface area contributed by atoms with Crippen molar-refractivity contribution < 1.29 is 14.3 Å². The molecule has 5 nitrogen and oxygen atoms in total. The zero-order chi connectivity index (χ0) is 19.5. The Morgan fingerprint density at radius 3 is 2.93 bits per heavy atom. The fourth-order valence-electron chi connectivity index (χ4n) is 3.30. The van der Waals surface area contributed by atoms with E-state index in [4.69, 9.17) is 4.74 Å². The zero-order valence-electron chi connectivity index (χ0n) is 15.7. The number of aliphatic imine (C=N–C) groups is 1. The summed E-state index contributed by atoms with van der Waals surface area (Å²) >= 11 is 1.47. The van der Waals surface area contributed by atoms with Gasteiger partial charge in [0.25, 0.3) is 11.8 Å². The summed E-state index contributed by atoms with van der Waals surface area (Å²) in [5.74, 6) is -0.422. The van der Waals surface area contributed by atoms with E-state index < -0.39 is 0 Å². The number of aryl methyl sites for hydroxylation is 1. The first kappa shape index (κ1) is 18.9. The lowest BCUT2D eigenvalue weighted by molar-refractivity contribution is -0.117. The van der Waals surface area contributed by atoms with Crippen LogP contribution in [-0.2, 0) is 14.3 Å². The maximum Gasteiger partial charge on any atom is 0.283 e. The number of allylic oxidation sites excluding steroid dienone is 1. The van der Waals surface area contributed by atoms with Crippen molar-refractivity contribution in [2.45, 2.75) is 31.1 Å². The molecule has 2 aliphatic heterocycles. The molecule has 1 aromatic carbocycles. The molecule has 2 heterocycles. The Kier molecular flexibility index (Phi) is 5.59. The number of nitrogens with one attached hydrogen (secondary N) is 1. The Morgan fingerprint density at radius 2 is 2.18 bits per heavy atom. The van der Waals surface area contributed by atoms with E-state index >= 15 is 0 Å². The highest BCUT2D eigenvalue weighted by Gasteiger charge is 2.28. The van der Waals surface area contributed by atoms with Crippen LogP contribution in [0, 0.1) is 6.92 Å². The van der Waals surface area contributed by atoms with E-state index in [1.165, 1.54) is 17.3 Å². The number of hydrogen-bond acceptors (Lipinski definition) is 4. The minimum Gasteiger partial charge on any atom is -0.376 e. The summed E-state index contributed by atoms with van der Waals surface area (Å²) in [5.41, 5.74) is 3.30. The molecule has 1 saturated heterocycles. The smallest absolute Gasteiger partial charge is 0.283 e. The van der Waals surface area contributed by atoms with Gasteiger partial charge in [0, 0.05) is 18.7 Å². The van der Waals surface area contributed by atoms with Crippen molar-refractivity contribution >= 4 is 35.4 Å². The van der Waals surface area contributed by atoms with Crippen LogP contribution in [0.25, 0.3) is 6.08 Å². The largest absolute Gasteiger partial charge is 0.376 e. The van der Waals surface area contributed by atoms with Crippen molar-refractivity contribution in [1.29, 1.82) is 0 Å². The Morgan fingerprint density at radius 1 is 1.36 bits per heavy atom. The van der Waals surface area contributed by atoms with Gasteiger partial charge < -0.3 is 10.1 Å². The molecule has 28 heavy (non-hydrogen) atoms. The molecule has 2 atom stereocenters. The minimum absolute atomic E-state index is 0.0517. The molecule has 0 saturated carbocycles. The number of carbonyl (C=O) groups is 2. The number of thioether (sulfide) groups is 1. The molecule has 4 rings (SSSR count). The normalized spacial score (nSPS) is 25.3. The molecule has 1 aromatic rings. The fourth-order valence-corrected chi connectivity index (χ4v) is 4.32. The highest BCUT2D eigenvalue weighted by Crippen LogP contribution is 2.34. The molecular formula is C22H22N2O3S. The first-order valence-electron chi connectivity index (χ1n) is 9.46. The summed E-state index contributed by atoms with van der Waals surface area (Å²) in [5, 5.41) is 2.85. The van der Waals surface area contributed by atoms with Crippen molar-refractivity contribution in [3.05, 3.63) is 64.1 Å². The average Bonchev–Trinajstić information content (AvgIpc) is 3.21. The lowest BCUT2D eigenvalue weighted by atomic mass is 10.0. The Balaban J connectivity index is 1.45. The van der Waals surface area contributed by atoms with E-state index in [-0.39, 0.29) is 23.2 Å². The number of hydrogen-bond donors (Lipinski definition) is 1. The number of ether oxygens (including phenoxy) is 1. The number of amides is 2. The number of nitrogens with zero attached hydrogens (tertiary/aromatic N) is 1. The van der Waals surface area contributed by atoms with E-state index in [9.17, 15) is 9.59 Å². The third-order valence-corrected chi connectivity index (χ3v) is 6.09. The fraction of sp³-hybridized carbons (Fsp3) is 0.318. The van der Waals surface area contributed by atoms with Crippen molar-refractivity contribution in [3.8, 4) is 0 Å². The van der Waals surface area contributed by atoms with Gasteiger partial charge in [-0.1, -0.05) is 42.0 Å². The van der Waals surface area contributed by atoms with Crippen LogP contribution < -0.4 is 5.32 Å². The molecule has 0 radical (unpaired) electrons. The summed E-state index contributed by atoms with van der Waals surface area (Å²) < 4.78 is 5.53. The molecule has 1 aliphatic carbocycles. The Labute approximate surface area is 168 Å². The van der Waals surface area contributed by atoms with Gasteiger partial charge in [0.2, 0.25) is 0 Å². The molecule has 1 fully saturated rings. The lowest BCUT2D eigenvalue weighted by Crippen LogP contribution is -2.34. The molecule has 0 aromatic heterocycles. The number of fused-ring (bicyclic) bond motifs is 1. The molecule has 6 heteroatoms. The van der Waals surface area contributed by atoms with Crippen LogP contribution in [0.4, 0.5) is 0 Å². The quantitative estimate of drug-likeness (QED) is 0.797. The van der Waals surface area contributed by atoms with E-state index in [1.54, 1.807) is 12.2 Å². The maximum absolute atomic E-state index is 12.4. The van der Waals surface area contributed by atoms with Crippen LogP contribution in [0.5, 0.6) is 0 Å². The zero-order valence-corrected chi connectivity index (χ0v) is 16.5. The third kappa shape index (κ3) is 4.34. The second-order valence-corrected chi connectivity index (χ2v) is 8.29. The highest BCUT2D eigenvalue weighted by atomic mass is 32.2. The van der Waals surface area contributed by atoms with Crippen LogP contribution >= 0.6 is 11.8 Å². The van der Waals surface area contributed by atoms with Crippen molar-refractivity contribution in [3.63, 3.8) is 0 Å². The monoisotopic (exact) mass is 394 g/mol. The van der Waals surface area contributed by atoms with Crippen LogP contribution in [0.2, 0.25) is 0 Å². The standard InChI is InChI=1S/C22H22N2O3S/c1-14-4-6-15(7-5-14)11-20-22(26)24-18-12-16(8-9-19(18)28-20)21(25)23-13-17-3-2-10-27-17/h4-9,11-12,17,19H,2-3,10,13H2,1H3,(H,23,25)/b20-11+. The van der Waals surface area contributed by atoms with Gasteiger partial charge in [0.15, 0.2) is 0 Å². The SMILES string of the molecule is Cc1ccc(/C=C2/SC3C=CC(C(=O)NCC4CCCO4)=CC3=NC2=O)cc1. The van der Waals surface area contributed by atoms with Gasteiger partial charge >= 0.3 is 0 Å². The first-order valence-corrected chi connectivity index (χ1v) is 10.3. The molecule has 2 unspecified atom stereocenters. The topological polar surface area (TPSA) is 67.8 Å². The van der Waals surface area contributed by atoms with E-state index in [0.29, 0.717) is 22.7 Å². The van der Waals surface area contributed by atoms with Crippen molar-refractivity contribution in [1.82, 2.24) is 5.32 Å². The molecule has 0 bridgehead atoms. The molecule has 1 N–H and O–H groups in total. The van der Waals surface area contributed by atoms with Gasteiger partial charge in [-0.3, -0.25) is 9.59 Å². The molecule has 2 amide bonds. The summed E-state index contributed by atoms with van der Waals surface area (Å²) in [4.78, 5) is 29.7. The highest BCUT2D eigenvalue weighted by molar-refractivity contribution is 8.05. The van der Waals surface area contributed by atoms with Gasteiger partial charge in [-0.05, 0) is 37.5 Å². The van der Waals surface area contributed by atoms with Crippen molar-refractivity contribution in [2.24, 2.45) is 4.99 Å². The first-order chi connectivity index (χ1) is 13.6. The number of carbonyl (C=O) groups excluding carboxylic acids is 2. The average molecular weight is 394 g/mol. The Bertz CT molecular complexity index is 906. The predicted molar refractivity (Wildman–Crippen MR) is 112 cm³/mol. The molecular weight excluding hydrogens is 372 g/mol. The molecule has 144 valence electrons. The molecule has 0 spiro atoms. The van der Waals surface area contributed by atoms with Crippen LogP contribution in [0.1, 0.15) is 24.0 Å². The van der Waals surface area contributed by atoms with Gasteiger partial charge in [-0.25, -0.2) is 4.99 Å². The lowest BCUT2D eigenvalue weighted by Gasteiger charge is -2.22. The second kappa shape index (κ2) is 8.29. The van der Waals surface area contributed by atoms with Crippen LogP contribution in [-0.4, -0.2) is 42.0 Å². The Hall–Kier alpha value is -2.44. The van der Waals surface area contributed by atoms with Gasteiger partial charge in [-0.15, -0.1) is 11.8 Å². The molecule has 3 aliphatic rings. The van der Waals surface area contributed by atoms with Gasteiger partial charge in [0.05, 0.1) is 22.0 Å². The number of rotatable bonds is 4. The van der Waals surface area contributed by atoms with E-state index in [1.807, 2.05) is 43.3 Å². The number of benzene rings is 1. The van der Waals surface area contributed by atoms with Crippen LogP contribution in [0.3, 0.4) is 0 Å². The van der Waals surface area contributed by atoms with Crippen LogP contribution in [0.15, 0.2) is 58.0 Å². The minimum atomic E-state index is -0.262.